The maximum Gasteiger partial charge on any atom is 0.472 e. The predicted molar refractivity (Wildman–Crippen MR) is 119 cm³/mol. The van der Waals surface area contributed by atoms with Crippen molar-refractivity contribution >= 4 is 7.82 Å². The van der Waals surface area contributed by atoms with Gasteiger partial charge in [-0.3, -0.25) is 9.05 Å². The van der Waals surface area contributed by atoms with Gasteiger partial charge in [0.1, 0.15) is 12.4 Å². The molecule has 1 unspecified atom stereocenters. The highest BCUT2D eigenvalue weighted by atomic mass is 31.2. The molecule has 3 aromatic rings. The average molecular weight is 442 g/mol. The van der Waals surface area contributed by atoms with Crippen LogP contribution in [0.3, 0.4) is 0 Å². The van der Waals surface area contributed by atoms with Gasteiger partial charge in [0, 0.05) is 0 Å². The number of aliphatic hydroxyl groups excluding tert-OH is 1. The van der Waals surface area contributed by atoms with Crippen molar-refractivity contribution in [3.8, 4) is 16.9 Å². The predicted octanol–water partition coefficient (Wildman–Crippen LogP) is 5.47. The average Bonchev–Trinajstić information content (AvgIpc) is 2.76. The molecule has 0 spiro atoms. The van der Waals surface area contributed by atoms with Gasteiger partial charge in [0.15, 0.2) is 0 Å². The fourth-order valence-corrected chi connectivity index (χ4v) is 3.97. The molecule has 7 heteroatoms. The number of rotatable bonds is 10. The summed E-state index contributed by atoms with van der Waals surface area (Å²) in [6.07, 6.45) is -0.436. The first kappa shape index (κ1) is 23.2. The summed E-state index contributed by atoms with van der Waals surface area (Å²) in [7, 11) is -4.15. The van der Waals surface area contributed by atoms with E-state index >= 15 is 0 Å². The fraction of sp³-hybridized carbons (Fsp3) is 0.250. The minimum atomic E-state index is -4.15. The van der Waals surface area contributed by atoms with E-state index in [4.69, 9.17) is 13.8 Å². The minimum Gasteiger partial charge on any atom is -0.489 e. The van der Waals surface area contributed by atoms with Gasteiger partial charge in [0.05, 0.1) is 19.3 Å². The molecular formula is C24H27O6P. The summed E-state index contributed by atoms with van der Waals surface area (Å²) >= 11 is 0. The van der Waals surface area contributed by atoms with Crippen LogP contribution in [0.5, 0.6) is 5.75 Å². The van der Waals surface area contributed by atoms with E-state index in [2.05, 4.69) is 0 Å². The highest BCUT2D eigenvalue weighted by Crippen LogP contribution is 2.45. The lowest BCUT2D eigenvalue weighted by atomic mass is 10.00. The summed E-state index contributed by atoms with van der Waals surface area (Å²) in [5.74, 6) is 0.721. The number of ether oxygens (including phenoxy) is 1. The molecule has 164 valence electrons. The normalized spacial score (nSPS) is 13.2. The minimum absolute atomic E-state index is 0.120. The molecule has 3 aromatic carbocycles. The Morgan fingerprint density at radius 1 is 0.839 bits per heavy atom. The highest BCUT2D eigenvalue weighted by Gasteiger charge is 2.22. The molecule has 1 atom stereocenters. The third-order valence-corrected chi connectivity index (χ3v) is 5.53. The van der Waals surface area contributed by atoms with Crippen LogP contribution >= 0.6 is 7.82 Å². The largest absolute Gasteiger partial charge is 0.489 e. The van der Waals surface area contributed by atoms with E-state index in [1.807, 2.05) is 66.7 Å². The first-order valence-corrected chi connectivity index (χ1v) is 11.5. The molecule has 0 aliphatic rings. The van der Waals surface area contributed by atoms with E-state index in [1.165, 1.54) is 0 Å². The van der Waals surface area contributed by atoms with Gasteiger partial charge in [-0.25, -0.2) is 4.57 Å². The maximum atomic E-state index is 12.0. The van der Waals surface area contributed by atoms with Crippen molar-refractivity contribution in [3.63, 3.8) is 0 Å². The second kappa shape index (κ2) is 10.7. The van der Waals surface area contributed by atoms with Crippen molar-refractivity contribution in [2.45, 2.75) is 39.8 Å². The van der Waals surface area contributed by atoms with Crippen molar-refractivity contribution in [1.29, 1.82) is 0 Å². The first-order valence-electron chi connectivity index (χ1n) is 10.0. The number of hydrogen-bond acceptors (Lipinski definition) is 5. The second-order valence-electron chi connectivity index (χ2n) is 7.39. The summed E-state index contributed by atoms with van der Waals surface area (Å²) in [6.45, 7) is 3.49. The smallest absolute Gasteiger partial charge is 0.472 e. The third-order valence-electron chi connectivity index (χ3n) is 4.39. The lowest BCUT2D eigenvalue weighted by Gasteiger charge is -2.15. The van der Waals surface area contributed by atoms with E-state index in [0.29, 0.717) is 17.7 Å². The summed E-state index contributed by atoms with van der Waals surface area (Å²) in [6, 6.07) is 23.0. The van der Waals surface area contributed by atoms with Gasteiger partial charge in [-0.05, 0) is 65.9 Å². The van der Waals surface area contributed by atoms with E-state index in [-0.39, 0.29) is 13.2 Å². The summed E-state index contributed by atoms with van der Waals surface area (Å²) in [4.78, 5) is 9.79. The van der Waals surface area contributed by atoms with Gasteiger partial charge in [-0.1, -0.05) is 48.5 Å². The third kappa shape index (κ3) is 7.31. The molecule has 0 heterocycles. The van der Waals surface area contributed by atoms with E-state index in [1.54, 1.807) is 19.9 Å². The van der Waals surface area contributed by atoms with Gasteiger partial charge in [-0.15, -0.1) is 0 Å². The SMILES string of the molecule is CC(C)OP(=O)(O)OCc1cc(CO)cc(-c2cccc(OCc3ccccc3)c2)c1. The fourth-order valence-electron chi connectivity index (χ4n) is 3.06. The van der Waals surface area contributed by atoms with E-state index < -0.39 is 13.9 Å². The molecule has 0 radical (unpaired) electrons. The van der Waals surface area contributed by atoms with Crippen LogP contribution in [0.25, 0.3) is 11.1 Å². The molecule has 0 amide bonds. The molecule has 2 N–H and O–H groups in total. The Morgan fingerprint density at radius 3 is 2.29 bits per heavy atom. The van der Waals surface area contributed by atoms with Gasteiger partial charge >= 0.3 is 7.82 Å². The molecular weight excluding hydrogens is 415 g/mol. The van der Waals surface area contributed by atoms with Crippen molar-refractivity contribution in [2.24, 2.45) is 0 Å². The Bertz CT molecular complexity index is 1040. The first-order chi connectivity index (χ1) is 14.8. The molecule has 0 fully saturated rings. The zero-order valence-corrected chi connectivity index (χ0v) is 18.5. The number of hydrogen-bond donors (Lipinski definition) is 2. The van der Waals surface area contributed by atoms with Gasteiger partial charge in [0.25, 0.3) is 0 Å². The van der Waals surface area contributed by atoms with Gasteiger partial charge in [0.2, 0.25) is 0 Å². The van der Waals surface area contributed by atoms with Gasteiger partial charge < -0.3 is 14.7 Å². The second-order valence-corrected chi connectivity index (χ2v) is 8.80. The molecule has 31 heavy (non-hydrogen) atoms. The zero-order valence-electron chi connectivity index (χ0n) is 17.6. The number of phosphoric acid groups is 1. The molecule has 0 aliphatic carbocycles. The van der Waals surface area contributed by atoms with Gasteiger partial charge in [-0.2, -0.15) is 0 Å². The van der Waals surface area contributed by atoms with Crippen LogP contribution in [0.2, 0.25) is 0 Å². The van der Waals surface area contributed by atoms with Crippen LogP contribution in [0.15, 0.2) is 72.8 Å². The number of aliphatic hydroxyl groups is 1. The van der Waals surface area contributed by atoms with Crippen molar-refractivity contribution < 1.29 is 28.3 Å². The molecule has 6 nitrogen and oxygen atoms in total. The Balaban J connectivity index is 1.77. The standard InChI is InChI=1S/C24H27O6P/c1-18(2)30-31(26,27)29-17-21-11-20(15-25)12-23(13-21)22-9-6-10-24(14-22)28-16-19-7-4-3-5-8-19/h3-14,18,25H,15-17H2,1-2H3,(H,26,27). The molecule has 0 saturated heterocycles. The van der Waals surface area contributed by atoms with Crippen LogP contribution in [-0.2, 0) is 33.4 Å². The van der Waals surface area contributed by atoms with Crippen molar-refractivity contribution in [3.05, 3.63) is 89.5 Å². The van der Waals surface area contributed by atoms with Crippen LogP contribution in [0.1, 0.15) is 30.5 Å². The Morgan fingerprint density at radius 2 is 1.58 bits per heavy atom. The Hall–Kier alpha value is -2.47. The molecule has 0 bridgehead atoms. The van der Waals surface area contributed by atoms with Crippen LogP contribution in [0.4, 0.5) is 0 Å². The lowest BCUT2D eigenvalue weighted by Crippen LogP contribution is -2.03. The van der Waals surface area contributed by atoms with Crippen molar-refractivity contribution in [2.75, 3.05) is 0 Å². The van der Waals surface area contributed by atoms with E-state index in [0.717, 1.165) is 22.4 Å². The summed E-state index contributed by atoms with van der Waals surface area (Å²) in [5, 5.41) is 9.65. The Labute approximate surface area is 182 Å². The summed E-state index contributed by atoms with van der Waals surface area (Å²) < 4.78 is 27.9. The Kier molecular flexibility index (Phi) is 8.02. The highest BCUT2D eigenvalue weighted by molar-refractivity contribution is 7.47. The van der Waals surface area contributed by atoms with Crippen LogP contribution in [0, 0.1) is 0 Å². The van der Waals surface area contributed by atoms with Crippen LogP contribution < -0.4 is 4.74 Å². The molecule has 0 aromatic heterocycles. The quantitative estimate of drug-likeness (QED) is 0.405. The van der Waals surface area contributed by atoms with Crippen LogP contribution in [-0.4, -0.2) is 16.1 Å². The lowest BCUT2D eigenvalue weighted by molar-refractivity contribution is 0.116. The maximum absolute atomic E-state index is 12.0. The molecule has 0 aliphatic heterocycles. The monoisotopic (exact) mass is 442 g/mol. The number of phosphoric ester groups is 1. The topological polar surface area (TPSA) is 85.2 Å². The zero-order chi connectivity index (χ0) is 22.3. The number of benzene rings is 3. The molecule has 0 saturated carbocycles. The molecule has 3 rings (SSSR count). The van der Waals surface area contributed by atoms with Crippen molar-refractivity contribution in [1.82, 2.24) is 0 Å². The summed E-state index contributed by atoms with van der Waals surface area (Å²) in [5.41, 5.74) is 4.13. The van der Waals surface area contributed by atoms with E-state index in [9.17, 15) is 14.6 Å².